The predicted octanol–water partition coefficient (Wildman–Crippen LogP) is 4.15. The van der Waals surface area contributed by atoms with Crippen LogP contribution in [0.25, 0.3) is 10.4 Å². The van der Waals surface area contributed by atoms with Gasteiger partial charge in [-0.25, -0.2) is 0 Å². The standard InChI is InChI=1S/C27H35N3O4S/c1-26(2,3)29-18-10-13-22(27(4,16-18)25(33)34)30-15-14-19(24(30)32)28-23(31)21-12-11-20(35-21)17-8-6-5-7-9-17/h5-9,11-12,18-19,22,29H,10,13-16H2,1-4H3,(H,28,31)(H,33,34)/t18-,19?,22+,27-/m1/s1. The van der Waals surface area contributed by atoms with E-state index in [1.807, 2.05) is 36.4 Å². The number of carboxylic acids is 1. The molecule has 3 N–H and O–H groups in total. The Bertz CT molecular complexity index is 1090. The molecule has 0 bridgehead atoms. The number of carbonyl (C=O) groups excluding carboxylic acids is 2. The number of hydrogen-bond donors (Lipinski definition) is 3. The Morgan fingerprint density at radius 1 is 1.09 bits per heavy atom. The number of thiophene rings is 1. The van der Waals surface area contributed by atoms with Gasteiger partial charge in [0.1, 0.15) is 6.04 Å². The fourth-order valence-electron chi connectivity index (χ4n) is 5.48. The number of amides is 2. The van der Waals surface area contributed by atoms with Gasteiger partial charge in [-0.15, -0.1) is 11.3 Å². The average molecular weight is 498 g/mol. The van der Waals surface area contributed by atoms with Gasteiger partial charge in [0.2, 0.25) is 5.91 Å². The molecule has 0 radical (unpaired) electrons. The molecule has 1 aromatic heterocycles. The van der Waals surface area contributed by atoms with Crippen molar-refractivity contribution < 1.29 is 19.5 Å². The van der Waals surface area contributed by atoms with Crippen LogP contribution in [0.15, 0.2) is 42.5 Å². The number of hydrogen-bond acceptors (Lipinski definition) is 5. The van der Waals surface area contributed by atoms with Crippen LogP contribution < -0.4 is 10.6 Å². The van der Waals surface area contributed by atoms with E-state index in [1.54, 1.807) is 17.9 Å². The highest BCUT2D eigenvalue weighted by atomic mass is 32.1. The van der Waals surface area contributed by atoms with Gasteiger partial charge in [-0.05, 0) is 71.1 Å². The molecule has 1 aromatic carbocycles. The summed E-state index contributed by atoms with van der Waals surface area (Å²) in [6.45, 7) is 8.43. The van der Waals surface area contributed by atoms with Crippen LogP contribution in [0.1, 0.15) is 63.0 Å². The highest BCUT2D eigenvalue weighted by Crippen LogP contribution is 2.41. The molecule has 8 heteroatoms. The average Bonchev–Trinajstić information content (AvgIpc) is 3.41. The summed E-state index contributed by atoms with van der Waals surface area (Å²) in [5.41, 5.74) is -0.115. The first-order chi connectivity index (χ1) is 16.5. The first kappa shape index (κ1) is 25.4. The minimum atomic E-state index is -1.05. The molecular formula is C27H35N3O4S. The molecule has 7 nitrogen and oxygen atoms in total. The summed E-state index contributed by atoms with van der Waals surface area (Å²) in [4.78, 5) is 41.9. The van der Waals surface area contributed by atoms with E-state index < -0.39 is 17.4 Å². The van der Waals surface area contributed by atoms with E-state index in [1.165, 1.54) is 11.3 Å². The van der Waals surface area contributed by atoms with Crippen LogP contribution in [0.4, 0.5) is 0 Å². The van der Waals surface area contributed by atoms with Crippen molar-refractivity contribution in [3.05, 3.63) is 47.3 Å². The molecule has 35 heavy (non-hydrogen) atoms. The van der Waals surface area contributed by atoms with Crippen molar-refractivity contribution in [3.8, 4) is 10.4 Å². The summed E-state index contributed by atoms with van der Waals surface area (Å²) in [5.74, 6) is -1.33. The second-order valence-electron chi connectivity index (χ2n) is 11.0. The topological polar surface area (TPSA) is 98.7 Å². The summed E-state index contributed by atoms with van der Waals surface area (Å²) in [6, 6.07) is 12.6. The molecule has 1 saturated carbocycles. The van der Waals surface area contributed by atoms with Gasteiger partial charge in [0.15, 0.2) is 0 Å². The number of carboxylic acid groups (broad SMARTS) is 1. The van der Waals surface area contributed by atoms with Crippen molar-refractivity contribution in [2.75, 3.05) is 6.54 Å². The Morgan fingerprint density at radius 3 is 2.46 bits per heavy atom. The highest BCUT2D eigenvalue weighted by molar-refractivity contribution is 7.17. The highest BCUT2D eigenvalue weighted by Gasteiger charge is 2.52. The zero-order chi connectivity index (χ0) is 25.4. The Balaban J connectivity index is 1.43. The summed E-state index contributed by atoms with van der Waals surface area (Å²) in [6.07, 6.45) is 2.37. The molecule has 2 heterocycles. The predicted molar refractivity (Wildman–Crippen MR) is 137 cm³/mol. The maximum atomic E-state index is 13.3. The van der Waals surface area contributed by atoms with E-state index in [2.05, 4.69) is 31.4 Å². The molecule has 0 spiro atoms. The molecule has 2 fully saturated rings. The third-order valence-electron chi connectivity index (χ3n) is 7.13. The Labute approximate surface area is 210 Å². The number of likely N-dealkylation sites (tertiary alicyclic amines) is 1. The van der Waals surface area contributed by atoms with Gasteiger partial charge in [0.05, 0.1) is 10.3 Å². The molecule has 1 aliphatic carbocycles. The SMILES string of the molecule is CC(C)(C)N[C@@H]1CC[C@H](N2CCC(NC(=O)c3ccc(-c4ccccc4)s3)C2=O)[C@](C)(C(=O)O)C1. The monoisotopic (exact) mass is 497 g/mol. The van der Waals surface area contributed by atoms with Crippen molar-refractivity contribution in [2.45, 2.75) is 77.0 Å². The smallest absolute Gasteiger partial charge is 0.311 e. The van der Waals surface area contributed by atoms with E-state index in [4.69, 9.17) is 0 Å². The van der Waals surface area contributed by atoms with Gasteiger partial charge in [0.25, 0.3) is 5.91 Å². The quantitative estimate of drug-likeness (QED) is 0.557. The second-order valence-corrected chi connectivity index (χ2v) is 12.1. The Morgan fingerprint density at radius 2 is 1.80 bits per heavy atom. The first-order valence-corrected chi connectivity index (χ1v) is 13.1. The van der Waals surface area contributed by atoms with Gasteiger partial charge >= 0.3 is 5.97 Å². The summed E-state index contributed by atoms with van der Waals surface area (Å²) in [7, 11) is 0. The molecule has 1 aliphatic heterocycles. The van der Waals surface area contributed by atoms with E-state index in [9.17, 15) is 19.5 Å². The van der Waals surface area contributed by atoms with Crippen molar-refractivity contribution in [1.82, 2.24) is 15.5 Å². The minimum absolute atomic E-state index is 0.0817. The fourth-order valence-corrected chi connectivity index (χ4v) is 6.40. The van der Waals surface area contributed by atoms with Gasteiger partial charge in [-0.2, -0.15) is 0 Å². The molecule has 1 unspecified atom stereocenters. The Kier molecular flexibility index (Phi) is 7.06. The van der Waals surface area contributed by atoms with Crippen molar-refractivity contribution in [2.24, 2.45) is 5.41 Å². The van der Waals surface area contributed by atoms with Crippen LogP contribution in [-0.2, 0) is 9.59 Å². The molecule has 4 atom stereocenters. The summed E-state index contributed by atoms with van der Waals surface area (Å²) < 4.78 is 0. The van der Waals surface area contributed by atoms with Crippen LogP contribution in [0.3, 0.4) is 0 Å². The molecule has 4 rings (SSSR count). The minimum Gasteiger partial charge on any atom is -0.481 e. The molecule has 188 valence electrons. The largest absolute Gasteiger partial charge is 0.481 e. The van der Waals surface area contributed by atoms with Crippen molar-refractivity contribution in [3.63, 3.8) is 0 Å². The van der Waals surface area contributed by atoms with Crippen LogP contribution in [0, 0.1) is 5.41 Å². The molecular weight excluding hydrogens is 462 g/mol. The second kappa shape index (κ2) is 9.74. The molecule has 2 amide bonds. The molecule has 2 aliphatic rings. The van der Waals surface area contributed by atoms with Gasteiger partial charge in [0, 0.05) is 29.0 Å². The van der Waals surface area contributed by atoms with Crippen molar-refractivity contribution in [1.29, 1.82) is 0 Å². The lowest BCUT2D eigenvalue weighted by molar-refractivity contribution is -0.158. The number of aliphatic carboxylic acids is 1. The van der Waals surface area contributed by atoms with Crippen LogP contribution in [-0.4, -0.2) is 58.0 Å². The maximum absolute atomic E-state index is 13.3. The zero-order valence-electron chi connectivity index (χ0n) is 20.8. The van der Waals surface area contributed by atoms with Crippen LogP contribution in [0.2, 0.25) is 0 Å². The Hall–Kier alpha value is -2.71. The van der Waals surface area contributed by atoms with Crippen molar-refractivity contribution >= 4 is 29.1 Å². The fraction of sp³-hybridized carbons (Fsp3) is 0.519. The third kappa shape index (κ3) is 5.43. The number of carbonyl (C=O) groups is 3. The summed E-state index contributed by atoms with van der Waals surface area (Å²) >= 11 is 1.39. The van der Waals surface area contributed by atoms with Crippen LogP contribution >= 0.6 is 11.3 Å². The number of nitrogens with one attached hydrogen (secondary N) is 2. The van der Waals surface area contributed by atoms with E-state index in [0.29, 0.717) is 30.7 Å². The normalized spacial score (nSPS) is 27.1. The van der Waals surface area contributed by atoms with Gasteiger partial charge in [-0.1, -0.05) is 30.3 Å². The van der Waals surface area contributed by atoms with E-state index in [-0.39, 0.29) is 29.4 Å². The maximum Gasteiger partial charge on any atom is 0.311 e. The van der Waals surface area contributed by atoms with Gasteiger partial charge < -0.3 is 20.6 Å². The lowest BCUT2D eigenvalue weighted by Crippen LogP contribution is -2.59. The lowest BCUT2D eigenvalue weighted by Gasteiger charge is -2.47. The number of rotatable bonds is 6. The zero-order valence-corrected chi connectivity index (χ0v) is 21.7. The molecule has 2 aromatic rings. The van der Waals surface area contributed by atoms with E-state index >= 15 is 0 Å². The number of benzene rings is 1. The molecule has 1 saturated heterocycles. The third-order valence-corrected chi connectivity index (χ3v) is 8.26. The van der Waals surface area contributed by atoms with Gasteiger partial charge in [-0.3, -0.25) is 14.4 Å². The number of nitrogens with zero attached hydrogens (tertiary/aromatic N) is 1. The van der Waals surface area contributed by atoms with E-state index in [0.717, 1.165) is 16.9 Å². The first-order valence-electron chi connectivity index (χ1n) is 12.3. The summed E-state index contributed by atoms with van der Waals surface area (Å²) in [5, 5.41) is 16.6. The van der Waals surface area contributed by atoms with Crippen LogP contribution in [0.5, 0.6) is 0 Å². The lowest BCUT2D eigenvalue weighted by atomic mass is 9.68.